The van der Waals surface area contributed by atoms with Crippen molar-refractivity contribution in [1.29, 1.82) is 0 Å². The van der Waals surface area contributed by atoms with E-state index in [1.807, 2.05) is 68.4 Å². The molecule has 126 valence electrons. The van der Waals surface area contributed by atoms with Crippen molar-refractivity contribution in [3.05, 3.63) is 77.7 Å². The summed E-state index contributed by atoms with van der Waals surface area (Å²) in [5.41, 5.74) is 1.11. The summed E-state index contributed by atoms with van der Waals surface area (Å²) in [5, 5.41) is 10.5. The molecule has 0 amide bonds. The Kier molecular flexibility index (Phi) is 8.44. The summed E-state index contributed by atoms with van der Waals surface area (Å²) in [6, 6.07) is 17.0. The fraction of sp³-hybridized carbons (Fsp3) is 0.150. The maximum Gasteiger partial charge on any atom is 0.331 e. The van der Waals surface area contributed by atoms with Crippen molar-refractivity contribution in [3.8, 4) is 11.5 Å². The smallest absolute Gasteiger partial charge is 0.331 e. The molecule has 4 heteroatoms. The molecule has 1 N–H and O–H groups in total. The molecule has 24 heavy (non-hydrogen) atoms. The van der Waals surface area contributed by atoms with Crippen LogP contribution in [0.3, 0.4) is 0 Å². The Hall–Kier alpha value is -2.46. The normalized spacial score (nSPS) is 10.4. The zero-order valence-corrected chi connectivity index (χ0v) is 15.0. The molecule has 3 nitrogen and oxygen atoms in total. The van der Waals surface area contributed by atoms with Crippen LogP contribution in [0.1, 0.15) is 26.3 Å². The number of ether oxygens (including phenoxy) is 1. The van der Waals surface area contributed by atoms with E-state index >= 15 is 0 Å². The van der Waals surface area contributed by atoms with Crippen LogP contribution in [0.5, 0.6) is 11.5 Å². The van der Waals surface area contributed by atoms with Gasteiger partial charge in [0.05, 0.1) is 0 Å². The third-order valence-corrected chi connectivity index (χ3v) is 3.85. The molecule has 0 atom stereocenters. The minimum absolute atomic E-state index is 0.271. The van der Waals surface area contributed by atoms with E-state index in [1.54, 1.807) is 12.3 Å². The van der Waals surface area contributed by atoms with Gasteiger partial charge in [-0.05, 0) is 30.5 Å². The van der Waals surface area contributed by atoms with Crippen LogP contribution in [-0.2, 0) is 4.79 Å². The summed E-state index contributed by atoms with van der Waals surface area (Å²) in [6.07, 6.45) is 0. The molecule has 2 rings (SSSR count). The predicted molar refractivity (Wildman–Crippen MR) is 102 cm³/mol. The zero-order chi connectivity index (χ0) is 17.9. The van der Waals surface area contributed by atoms with Gasteiger partial charge >= 0.3 is 5.97 Å². The van der Waals surface area contributed by atoms with Crippen LogP contribution in [0.25, 0.3) is 4.91 Å². The summed E-state index contributed by atoms with van der Waals surface area (Å²) in [6.45, 7) is 9.55. The molecule has 2 aromatic rings. The van der Waals surface area contributed by atoms with Gasteiger partial charge in [0, 0.05) is 16.0 Å². The molecule has 0 heterocycles. The molecule has 0 saturated heterocycles. The van der Waals surface area contributed by atoms with Gasteiger partial charge in [0.1, 0.15) is 11.5 Å². The van der Waals surface area contributed by atoms with Crippen LogP contribution >= 0.6 is 11.8 Å². The number of aliphatic carboxylic acids is 1. The van der Waals surface area contributed by atoms with Gasteiger partial charge < -0.3 is 9.84 Å². The van der Waals surface area contributed by atoms with Crippen molar-refractivity contribution in [2.75, 3.05) is 0 Å². The number of benzene rings is 2. The molecule has 0 saturated carbocycles. The molecular weight excluding hydrogens is 320 g/mol. The molecule has 0 aromatic heterocycles. The molecule has 0 radical (unpaired) electrons. The number of hydrogen-bond donors (Lipinski definition) is 1. The van der Waals surface area contributed by atoms with Crippen LogP contribution in [0.4, 0.5) is 0 Å². The highest BCUT2D eigenvalue weighted by Gasteiger charge is 2.08. The second-order valence-corrected chi connectivity index (χ2v) is 5.52. The summed E-state index contributed by atoms with van der Waals surface area (Å²) >= 11 is 1.27. The second-order valence-electron chi connectivity index (χ2n) is 4.56. The zero-order valence-electron chi connectivity index (χ0n) is 14.2. The van der Waals surface area contributed by atoms with Crippen molar-refractivity contribution in [3.63, 3.8) is 0 Å². The third-order valence-electron chi connectivity index (χ3n) is 2.87. The molecule has 2 aromatic carbocycles. The highest BCUT2D eigenvalue weighted by Crippen LogP contribution is 2.35. The van der Waals surface area contributed by atoms with Gasteiger partial charge in [-0.15, -0.1) is 0 Å². The minimum Gasteiger partial charge on any atom is -0.478 e. The second kappa shape index (κ2) is 10.3. The number of carboxylic acids is 1. The average Bonchev–Trinajstić information content (AvgIpc) is 2.62. The number of carboxylic acid groups (broad SMARTS) is 1. The lowest BCUT2D eigenvalue weighted by Gasteiger charge is -2.11. The lowest BCUT2D eigenvalue weighted by molar-refractivity contribution is -0.132. The fourth-order valence-corrected chi connectivity index (χ4v) is 2.39. The lowest BCUT2D eigenvalue weighted by Crippen LogP contribution is -1.94. The topological polar surface area (TPSA) is 46.5 Å². The van der Waals surface area contributed by atoms with E-state index in [-0.39, 0.29) is 5.57 Å². The highest BCUT2D eigenvalue weighted by molar-refractivity contribution is 8.10. The molecule has 0 fully saturated rings. The Morgan fingerprint density at radius 1 is 1.08 bits per heavy atom. The van der Waals surface area contributed by atoms with Gasteiger partial charge in [-0.3, -0.25) is 0 Å². The first kappa shape index (κ1) is 19.6. The maximum absolute atomic E-state index is 10.8. The van der Waals surface area contributed by atoms with E-state index in [0.29, 0.717) is 5.75 Å². The van der Waals surface area contributed by atoms with E-state index in [0.717, 1.165) is 16.2 Å². The van der Waals surface area contributed by atoms with E-state index in [4.69, 9.17) is 9.84 Å². The molecule has 0 aliphatic rings. The summed E-state index contributed by atoms with van der Waals surface area (Å²) < 4.78 is 5.87. The first-order chi connectivity index (χ1) is 11.6. The van der Waals surface area contributed by atoms with Crippen LogP contribution in [0, 0.1) is 0 Å². The lowest BCUT2D eigenvalue weighted by atomic mass is 10.2. The summed E-state index contributed by atoms with van der Waals surface area (Å²) in [7, 11) is 0. The van der Waals surface area contributed by atoms with E-state index in [1.165, 1.54) is 11.8 Å². The number of carbonyl (C=O) groups is 1. The molecule has 0 spiro atoms. The van der Waals surface area contributed by atoms with Crippen molar-refractivity contribution < 1.29 is 14.6 Å². The Morgan fingerprint density at radius 2 is 1.67 bits per heavy atom. The Balaban J connectivity index is 0.00000139. The van der Waals surface area contributed by atoms with Crippen LogP contribution in [0.15, 0.2) is 72.2 Å². The molecule has 0 aliphatic carbocycles. The van der Waals surface area contributed by atoms with Crippen molar-refractivity contribution in [1.82, 2.24) is 0 Å². The Morgan fingerprint density at radius 3 is 2.29 bits per heavy atom. The van der Waals surface area contributed by atoms with Crippen molar-refractivity contribution >= 4 is 22.6 Å². The highest BCUT2D eigenvalue weighted by atomic mass is 32.2. The maximum atomic E-state index is 10.8. The Labute approximate surface area is 147 Å². The molecule has 0 bridgehead atoms. The first-order valence-corrected chi connectivity index (χ1v) is 8.54. The summed E-state index contributed by atoms with van der Waals surface area (Å²) in [4.78, 5) is 11.5. The van der Waals surface area contributed by atoms with Gasteiger partial charge in [0.25, 0.3) is 0 Å². The average molecular weight is 342 g/mol. The fourth-order valence-electron chi connectivity index (χ4n) is 1.67. The standard InChI is InChI=1S/C18H16O3S.C2H6/c1-13(18(19)20)12-22-14(2)16-10-6-7-11-17(16)21-15-8-4-3-5-9-15;1-2/h3-12H,2H2,1H3,(H,19,20);1-2H3/b13-12+;. The predicted octanol–water partition coefficient (Wildman–Crippen LogP) is 6.20. The largest absolute Gasteiger partial charge is 0.478 e. The van der Waals surface area contributed by atoms with Crippen LogP contribution in [0.2, 0.25) is 0 Å². The monoisotopic (exact) mass is 342 g/mol. The van der Waals surface area contributed by atoms with Crippen molar-refractivity contribution in [2.24, 2.45) is 0 Å². The van der Waals surface area contributed by atoms with Gasteiger partial charge in [-0.2, -0.15) is 0 Å². The van der Waals surface area contributed by atoms with Gasteiger partial charge in [-0.1, -0.05) is 68.6 Å². The molecular formula is C20H22O3S. The number of para-hydroxylation sites is 2. The van der Waals surface area contributed by atoms with Crippen LogP contribution in [-0.4, -0.2) is 11.1 Å². The van der Waals surface area contributed by atoms with E-state index in [2.05, 4.69) is 6.58 Å². The van der Waals surface area contributed by atoms with E-state index in [9.17, 15) is 4.79 Å². The molecule has 0 aliphatic heterocycles. The number of thioether (sulfide) groups is 1. The minimum atomic E-state index is -0.936. The van der Waals surface area contributed by atoms with E-state index < -0.39 is 5.97 Å². The van der Waals surface area contributed by atoms with Gasteiger partial charge in [-0.25, -0.2) is 4.79 Å². The number of hydrogen-bond acceptors (Lipinski definition) is 3. The van der Waals surface area contributed by atoms with Gasteiger partial charge in [0.2, 0.25) is 0 Å². The molecule has 0 unspecified atom stereocenters. The quantitative estimate of drug-likeness (QED) is 0.635. The van der Waals surface area contributed by atoms with Gasteiger partial charge in [0.15, 0.2) is 0 Å². The SMILES string of the molecule is C=C(S/C=C(\C)C(=O)O)c1ccccc1Oc1ccccc1.CC. The summed E-state index contributed by atoms with van der Waals surface area (Å²) in [5.74, 6) is 0.492. The third kappa shape index (κ3) is 5.97. The first-order valence-electron chi connectivity index (χ1n) is 7.66. The van der Waals surface area contributed by atoms with Crippen molar-refractivity contribution in [2.45, 2.75) is 20.8 Å². The Bertz CT molecular complexity index is 706. The number of rotatable bonds is 6. The van der Waals surface area contributed by atoms with Crippen LogP contribution < -0.4 is 4.74 Å².